The molecule has 2 rings (SSSR count). The van der Waals surface area contributed by atoms with E-state index < -0.39 is 12.5 Å². The van der Waals surface area contributed by atoms with Gasteiger partial charge in [0.25, 0.3) is 5.91 Å². The van der Waals surface area contributed by atoms with Crippen molar-refractivity contribution in [2.75, 3.05) is 7.05 Å². The topological polar surface area (TPSA) is 42.7 Å². The van der Waals surface area contributed by atoms with E-state index in [1.807, 2.05) is 0 Å². The zero-order valence-corrected chi connectivity index (χ0v) is 11.7. The molecule has 0 spiro atoms. The van der Waals surface area contributed by atoms with Gasteiger partial charge in [-0.25, -0.2) is 0 Å². The zero-order chi connectivity index (χ0) is 15.4. The summed E-state index contributed by atoms with van der Waals surface area (Å²) in [6, 6.07) is 9.47. The van der Waals surface area contributed by atoms with Crippen molar-refractivity contribution in [2.24, 2.45) is 0 Å². The highest BCUT2D eigenvalue weighted by molar-refractivity contribution is 5.96. The summed E-state index contributed by atoms with van der Waals surface area (Å²) in [5.41, 5.74) is 0.0866. The molecule has 0 aliphatic rings. The molecule has 21 heavy (non-hydrogen) atoms. The quantitative estimate of drug-likeness (QED) is 0.848. The van der Waals surface area contributed by atoms with Crippen molar-refractivity contribution in [3.63, 3.8) is 0 Å². The van der Waals surface area contributed by atoms with Crippen LogP contribution in [0.15, 0.2) is 40.8 Å². The number of hydrogen-bond donors (Lipinski definition) is 0. The van der Waals surface area contributed by atoms with Crippen LogP contribution in [0.5, 0.6) is 5.75 Å². The summed E-state index contributed by atoms with van der Waals surface area (Å²) < 4.78 is 34.5. The van der Waals surface area contributed by atoms with E-state index in [2.05, 4.69) is 4.74 Å². The summed E-state index contributed by atoms with van der Waals surface area (Å²) in [5.74, 6) is 0.808. The van der Waals surface area contributed by atoms with E-state index in [-0.39, 0.29) is 17.9 Å². The fourth-order valence-corrected chi connectivity index (χ4v) is 1.92. The Balaban J connectivity index is 2.15. The molecule has 1 heterocycles. The molecule has 0 N–H and O–H groups in total. The molecule has 0 saturated heterocycles. The second-order valence-corrected chi connectivity index (χ2v) is 4.55. The lowest BCUT2D eigenvalue weighted by atomic mass is 10.1. The van der Waals surface area contributed by atoms with Gasteiger partial charge in [0.15, 0.2) is 0 Å². The number of nitrogens with zero attached hydrogens (tertiary/aromatic N) is 1. The number of benzene rings is 1. The van der Waals surface area contributed by atoms with Gasteiger partial charge in [0, 0.05) is 7.05 Å². The molecule has 1 aromatic carbocycles. The molecular formula is C15H15F2NO3. The summed E-state index contributed by atoms with van der Waals surface area (Å²) in [6.07, 6.45) is 0. The minimum absolute atomic E-state index is 0.0866. The van der Waals surface area contributed by atoms with Gasteiger partial charge in [0.2, 0.25) is 0 Å². The lowest BCUT2D eigenvalue weighted by Gasteiger charge is -2.18. The number of aryl methyl sites for hydroxylation is 1. The maximum atomic E-state index is 12.4. The van der Waals surface area contributed by atoms with Crippen molar-refractivity contribution >= 4 is 5.91 Å². The Labute approximate surface area is 120 Å². The Hall–Kier alpha value is -2.37. The molecule has 0 aliphatic heterocycles. The van der Waals surface area contributed by atoms with Gasteiger partial charge in [0.05, 0.1) is 12.1 Å². The first-order valence-corrected chi connectivity index (χ1v) is 6.32. The second-order valence-electron chi connectivity index (χ2n) is 4.55. The Kier molecular flexibility index (Phi) is 4.57. The average molecular weight is 295 g/mol. The van der Waals surface area contributed by atoms with E-state index in [1.165, 1.54) is 23.1 Å². The SMILES string of the molecule is Cc1ccc(CN(C)C(=O)c2ccccc2OC(F)F)o1. The fraction of sp³-hybridized carbons (Fsp3) is 0.267. The zero-order valence-electron chi connectivity index (χ0n) is 11.7. The summed E-state index contributed by atoms with van der Waals surface area (Å²) in [5, 5.41) is 0. The number of para-hydroxylation sites is 1. The fourth-order valence-electron chi connectivity index (χ4n) is 1.92. The predicted molar refractivity (Wildman–Crippen MR) is 72.3 cm³/mol. The van der Waals surface area contributed by atoms with E-state index >= 15 is 0 Å². The Morgan fingerprint density at radius 3 is 2.62 bits per heavy atom. The number of furan rings is 1. The monoisotopic (exact) mass is 295 g/mol. The molecule has 1 aromatic heterocycles. The lowest BCUT2D eigenvalue weighted by molar-refractivity contribution is -0.0502. The molecule has 0 radical (unpaired) electrons. The number of halogens is 2. The summed E-state index contributed by atoms with van der Waals surface area (Å²) in [4.78, 5) is 13.7. The largest absolute Gasteiger partial charge is 0.464 e. The van der Waals surface area contributed by atoms with Crippen LogP contribution in [0.4, 0.5) is 8.78 Å². The van der Waals surface area contributed by atoms with E-state index in [0.29, 0.717) is 5.76 Å². The molecule has 2 aromatic rings. The first kappa shape index (κ1) is 15.0. The first-order chi connectivity index (χ1) is 9.97. The molecule has 1 amide bonds. The van der Waals surface area contributed by atoms with Gasteiger partial charge in [-0.05, 0) is 31.2 Å². The Bertz CT molecular complexity index is 625. The van der Waals surface area contributed by atoms with Crippen LogP contribution in [-0.4, -0.2) is 24.5 Å². The molecule has 0 fully saturated rings. The molecule has 0 saturated carbocycles. The van der Waals surface area contributed by atoms with Crippen molar-refractivity contribution in [1.82, 2.24) is 4.90 Å². The van der Waals surface area contributed by atoms with E-state index in [0.717, 1.165) is 5.76 Å². The minimum atomic E-state index is -2.98. The van der Waals surface area contributed by atoms with Crippen LogP contribution >= 0.6 is 0 Å². The van der Waals surface area contributed by atoms with Crippen molar-refractivity contribution in [1.29, 1.82) is 0 Å². The van der Waals surface area contributed by atoms with E-state index in [1.54, 1.807) is 32.2 Å². The normalized spacial score (nSPS) is 10.7. The van der Waals surface area contributed by atoms with Gasteiger partial charge in [-0.15, -0.1) is 0 Å². The number of carbonyl (C=O) groups excluding carboxylic acids is 1. The summed E-state index contributed by atoms with van der Waals surface area (Å²) in [7, 11) is 1.57. The number of ether oxygens (including phenoxy) is 1. The van der Waals surface area contributed by atoms with Gasteiger partial charge < -0.3 is 14.1 Å². The van der Waals surface area contributed by atoms with Crippen LogP contribution in [-0.2, 0) is 6.54 Å². The maximum Gasteiger partial charge on any atom is 0.387 e. The Morgan fingerprint density at radius 2 is 2.00 bits per heavy atom. The van der Waals surface area contributed by atoms with Crippen LogP contribution in [0.25, 0.3) is 0 Å². The third kappa shape index (κ3) is 3.81. The van der Waals surface area contributed by atoms with Crippen LogP contribution in [0.2, 0.25) is 0 Å². The van der Waals surface area contributed by atoms with E-state index in [4.69, 9.17) is 4.42 Å². The van der Waals surface area contributed by atoms with Gasteiger partial charge in [0.1, 0.15) is 17.3 Å². The standard InChI is InChI=1S/C15H15F2NO3/c1-10-7-8-11(20-10)9-18(2)14(19)12-5-3-4-6-13(12)21-15(16)17/h3-8,15H,9H2,1-2H3. The third-order valence-electron chi connectivity index (χ3n) is 2.87. The van der Waals surface area contributed by atoms with Crippen molar-refractivity contribution < 1.29 is 22.7 Å². The first-order valence-electron chi connectivity index (χ1n) is 6.32. The number of carbonyl (C=O) groups is 1. The molecule has 112 valence electrons. The molecule has 6 heteroatoms. The van der Waals surface area contributed by atoms with Gasteiger partial charge in [-0.1, -0.05) is 12.1 Å². The summed E-state index contributed by atoms with van der Waals surface area (Å²) >= 11 is 0. The van der Waals surface area contributed by atoms with Crippen molar-refractivity contribution in [3.05, 3.63) is 53.5 Å². The molecular weight excluding hydrogens is 280 g/mol. The average Bonchev–Trinajstić information content (AvgIpc) is 2.83. The van der Waals surface area contributed by atoms with Gasteiger partial charge >= 0.3 is 6.61 Å². The lowest BCUT2D eigenvalue weighted by Crippen LogP contribution is -2.26. The van der Waals surface area contributed by atoms with Crippen molar-refractivity contribution in [3.8, 4) is 5.75 Å². The molecule has 0 atom stereocenters. The minimum Gasteiger partial charge on any atom is -0.464 e. The number of rotatable bonds is 5. The summed E-state index contributed by atoms with van der Waals surface area (Å²) in [6.45, 7) is -0.927. The number of amides is 1. The van der Waals surface area contributed by atoms with Crippen LogP contribution in [0.3, 0.4) is 0 Å². The number of alkyl halides is 2. The highest BCUT2D eigenvalue weighted by atomic mass is 19.3. The predicted octanol–water partition coefficient (Wildman–Crippen LogP) is 3.46. The van der Waals surface area contributed by atoms with Crippen molar-refractivity contribution in [2.45, 2.75) is 20.1 Å². The number of hydrogen-bond acceptors (Lipinski definition) is 3. The molecule has 0 unspecified atom stereocenters. The van der Waals surface area contributed by atoms with Crippen LogP contribution in [0.1, 0.15) is 21.9 Å². The second kappa shape index (κ2) is 6.39. The highest BCUT2D eigenvalue weighted by Gasteiger charge is 2.19. The highest BCUT2D eigenvalue weighted by Crippen LogP contribution is 2.22. The maximum absolute atomic E-state index is 12.4. The van der Waals surface area contributed by atoms with Gasteiger partial charge in [-0.3, -0.25) is 4.79 Å². The third-order valence-corrected chi connectivity index (χ3v) is 2.87. The smallest absolute Gasteiger partial charge is 0.387 e. The van der Waals surface area contributed by atoms with Crippen LogP contribution < -0.4 is 4.74 Å². The Morgan fingerprint density at radius 1 is 1.29 bits per heavy atom. The molecule has 0 aliphatic carbocycles. The van der Waals surface area contributed by atoms with Gasteiger partial charge in [-0.2, -0.15) is 8.78 Å². The van der Waals surface area contributed by atoms with Crippen LogP contribution in [0, 0.1) is 6.92 Å². The molecule has 4 nitrogen and oxygen atoms in total. The molecule has 0 bridgehead atoms. The van der Waals surface area contributed by atoms with E-state index in [9.17, 15) is 13.6 Å².